The zero-order valence-electron chi connectivity index (χ0n) is 25.3. The molecule has 0 bridgehead atoms. The minimum Gasteiger partial charge on any atom is -0.411 e. The van der Waals surface area contributed by atoms with Crippen molar-refractivity contribution in [3.8, 4) is 0 Å². The second-order valence-electron chi connectivity index (χ2n) is 14.5. The molecule has 2 aliphatic rings. The molecule has 0 spiro atoms. The van der Waals surface area contributed by atoms with Crippen LogP contribution in [0.3, 0.4) is 0 Å². The maximum atomic E-state index is 11.4. The molecular formula is C29H51NO5Si2. The Bertz CT molecular complexity index is 929. The maximum Gasteiger partial charge on any atom is 0.349 e. The first-order valence-corrected chi connectivity index (χ1v) is 18.5. The number of ether oxygens (including phenoxy) is 1. The fraction of sp³-hybridized carbons (Fsp3) is 0.759. The lowest BCUT2D eigenvalue weighted by molar-refractivity contribution is -0.198. The Kier molecular flexibility index (Phi) is 8.66. The number of rotatable bonds is 5. The van der Waals surface area contributed by atoms with Gasteiger partial charge in [-0.25, -0.2) is 0 Å². The van der Waals surface area contributed by atoms with Crippen LogP contribution in [0.4, 0.5) is 5.69 Å². The summed E-state index contributed by atoms with van der Waals surface area (Å²) in [5, 5.41) is 2.75. The second-order valence-corrected chi connectivity index (χ2v) is 24.1. The number of anilines is 1. The van der Waals surface area contributed by atoms with E-state index in [4.69, 9.17) is 18.0 Å². The maximum absolute atomic E-state index is 11.4. The molecule has 0 radical (unpaired) electrons. The lowest BCUT2D eigenvalue weighted by Crippen LogP contribution is -2.69. The molecule has 0 unspecified atom stereocenters. The summed E-state index contributed by atoms with van der Waals surface area (Å²) < 4.78 is 27.7. The van der Waals surface area contributed by atoms with Crippen molar-refractivity contribution >= 4 is 28.5 Å². The minimum absolute atomic E-state index is 0.00766. The summed E-state index contributed by atoms with van der Waals surface area (Å²) in [7, 11) is -4.70. The van der Waals surface area contributed by atoms with Crippen molar-refractivity contribution in [2.24, 2.45) is 0 Å². The van der Waals surface area contributed by atoms with E-state index in [1.165, 1.54) is 12.5 Å². The van der Waals surface area contributed by atoms with E-state index in [0.29, 0.717) is 6.61 Å². The van der Waals surface area contributed by atoms with Crippen LogP contribution in [0, 0.1) is 0 Å². The van der Waals surface area contributed by atoms with Gasteiger partial charge in [-0.1, -0.05) is 74.4 Å². The molecule has 1 aromatic rings. The molecule has 0 aromatic heterocycles. The van der Waals surface area contributed by atoms with Gasteiger partial charge in [0.05, 0.1) is 18.8 Å². The molecule has 2 saturated heterocycles. The van der Waals surface area contributed by atoms with Crippen LogP contribution in [0.2, 0.25) is 28.2 Å². The van der Waals surface area contributed by atoms with E-state index >= 15 is 0 Å². The SMILES string of the molecule is CC(=O)Nc1ccc(C[C@@H]2C[C@@H](O[Si](C)(C)C(C)(C)C)[C@@H]3O[Si](C(C)(C)C)(C(C)(C)C)OC[C@H]3O2)cc1. The van der Waals surface area contributed by atoms with Gasteiger partial charge in [-0.05, 0) is 42.2 Å². The van der Waals surface area contributed by atoms with Crippen molar-refractivity contribution in [1.29, 1.82) is 0 Å². The fourth-order valence-corrected chi connectivity index (χ4v) is 11.9. The largest absolute Gasteiger partial charge is 0.411 e. The zero-order valence-corrected chi connectivity index (χ0v) is 27.3. The first kappa shape index (κ1) is 30.5. The second kappa shape index (κ2) is 10.5. The number of hydrogen-bond acceptors (Lipinski definition) is 5. The number of benzene rings is 1. The van der Waals surface area contributed by atoms with Crippen molar-refractivity contribution in [3.63, 3.8) is 0 Å². The van der Waals surface area contributed by atoms with Gasteiger partial charge in [0.1, 0.15) is 12.2 Å². The highest BCUT2D eigenvalue weighted by Crippen LogP contribution is 2.55. The smallest absolute Gasteiger partial charge is 0.349 e. The molecule has 1 amide bonds. The number of hydrogen-bond donors (Lipinski definition) is 1. The van der Waals surface area contributed by atoms with Gasteiger partial charge in [0.2, 0.25) is 5.91 Å². The van der Waals surface area contributed by atoms with Crippen LogP contribution in [0.15, 0.2) is 24.3 Å². The average Bonchev–Trinajstić information content (AvgIpc) is 2.72. The quantitative estimate of drug-likeness (QED) is 0.394. The van der Waals surface area contributed by atoms with Crippen molar-refractivity contribution in [2.45, 2.75) is 135 Å². The lowest BCUT2D eigenvalue weighted by atomic mass is 9.94. The van der Waals surface area contributed by atoms with E-state index in [1.54, 1.807) is 0 Å². The Labute approximate surface area is 227 Å². The fourth-order valence-electron chi connectivity index (χ4n) is 5.63. The van der Waals surface area contributed by atoms with Crippen LogP contribution in [-0.2, 0) is 29.2 Å². The lowest BCUT2D eigenvalue weighted by Gasteiger charge is -2.58. The summed E-state index contributed by atoms with van der Waals surface area (Å²) in [5.41, 5.74) is 1.98. The Hall–Kier alpha value is -1.04. The van der Waals surface area contributed by atoms with E-state index < -0.39 is 16.9 Å². The molecule has 0 aliphatic carbocycles. The summed E-state index contributed by atoms with van der Waals surface area (Å²) in [6, 6.07) is 8.03. The van der Waals surface area contributed by atoms with Crippen molar-refractivity contribution in [3.05, 3.63) is 29.8 Å². The molecule has 2 fully saturated rings. The molecule has 1 N–H and O–H groups in total. The number of carbonyl (C=O) groups is 1. The third kappa shape index (κ3) is 6.58. The summed E-state index contributed by atoms with van der Waals surface area (Å²) in [6.07, 6.45) is 1.25. The van der Waals surface area contributed by atoms with Crippen LogP contribution in [0.1, 0.15) is 81.2 Å². The van der Waals surface area contributed by atoms with Gasteiger partial charge in [0.15, 0.2) is 8.32 Å². The normalized spacial score (nSPS) is 26.9. The van der Waals surface area contributed by atoms with Gasteiger partial charge in [0.25, 0.3) is 0 Å². The number of nitrogens with one attached hydrogen (secondary N) is 1. The monoisotopic (exact) mass is 549 g/mol. The summed E-state index contributed by atoms with van der Waals surface area (Å²) in [5.74, 6) is -0.0672. The van der Waals surface area contributed by atoms with Crippen LogP contribution in [0.5, 0.6) is 0 Å². The predicted octanol–water partition coefficient (Wildman–Crippen LogP) is 7.19. The zero-order chi connectivity index (χ0) is 28.0. The van der Waals surface area contributed by atoms with Gasteiger partial charge < -0.3 is 23.3 Å². The Morgan fingerprint density at radius 2 is 1.59 bits per heavy atom. The van der Waals surface area contributed by atoms with E-state index in [-0.39, 0.29) is 45.4 Å². The van der Waals surface area contributed by atoms with Gasteiger partial charge >= 0.3 is 8.56 Å². The van der Waals surface area contributed by atoms with E-state index in [1.807, 2.05) is 12.1 Å². The highest BCUT2D eigenvalue weighted by atomic mass is 28.4. The molecule has 4 atom stereocenters. The molecule has 8 heteroatoms. The molecule has 0 saturated carbocycles. The van der Waals surface area contributed by atoms with Crippen molar-refractivity contribution in [2.75, 3.05) is 11.9 Å². The Morgan fingerprint density at radius 1 is 1.03 bits per heavy atom. The molecule has 2 aliphatic heterocycles. The first-order chi connectivity index (χ1) is 16.8. The highest BCUT2D eigenvalue weighted by molar-refractivity contribution is 6.74. The topological polar surface area (TPSA) is 66.0 Å². The van der Waals surface area contributed by atoms with Gasteiger partial charge in [-0.3, -0.25) is 4.79 Å². The Balaban J connectivity index is 1.89. The van der Waals surface area contributed by atoms with Gasteiger partial charge in [-0.15, -0.1) is 0 Å². The summed E-state index contributed by atoms with van der Waals surface area (Å²) in [6.45, 7) is 27.1. The van der Waals surface area contributed by atoms with Crippen LogP contribution >= 0.6 is 0 Å². The van der Waals surface area contributed by atoms with Crippen molar-refractivity contribution in [1.82, 2.24) is 0 Å². The average molecular weight is 550 g/mol. The van der Waals surface area contributed by atoms with Crippen LogP contribution in [0.25, 0.3) is 0 Å². The molecule has 1 aromatic carbocycles. The standard InChI is InChI=1S/C29H51NO5Si2/c1-20(31)30-22-15-13-21(14-16-22)17-23-18-24(34-36(11,12)27(2,3)4)26-25(33-23)19-32-37(35-26,28(5,6)7)29(8,9)10/h13-16,23-26H,17-19H2,1-12H3,(H,30,31)/t23-,24-,25-,26+/m1/s1. The Morgan fingerprint density at radius 3 is 2.08 bits per heavy atom. The summed E-state index contributed by atoms with van der Waals surface area (Å²) >= 11 is 0. The van der Waals surface area contributed by atoms with E-state index in [2.05, 4.69) is 92.9 Å². The third-order valence-electron chi connectivity index (χ3n) is 8.31. The van der Waals surface area contributed by atoms with E-state index in [9.17, 15) is 4.79 Å². The molecular weight excluding hydrogens is 498 g/mol. The van der Waals surface area contributed by atoms with Crippen LogP contribution < -0.4 is 5.32 Å². The first-order valence-electron chi connectivity index (χ1n) is 13.8. The number of carbonyl (C=O) groups excluding carboxylic acids is 1. The minimum atomic E-state index is -2.65. The van der Waals surface area contributed by atoms with Crippen LogP contribution in [-0.4, -0.2) is 53.8 Å². The molecule has 2 heterocycles. The van der Waals surface area contributed by atoms with Gasteiger partial charge in [-0.2, -0.15) is 0 Å². The van der Waals surface area contributed by atoms with Crippen molar-refractivity contribution < 1.29 is 22.8 Å². The number of amides is 1. The third-order valence-corrected chi connectivity index (χ3v) is 17.9. The molecule has 210 valence electrons. The molecule has 3 rings (SSSR count). The van der Waals surface area contributed by atoms with E-state index in [0.717, 1.165) is 18.5 Å². The number of fused-ring (bicyclic) bond motifs is 1. The summed E-state index contributed by atoms with van der Waals surface area (Å²) in [4.78, 5) is 11.4. The molecule has 6 nitrogen and oxygen atoms in total. The highest BCUT2D eigenvalue weighted by Gasteiger charge is 2.64. The van der Waals surface area contributed by atoms with Gasteiger partial charge in [0, 0.05) is 29.1 Å². The molecule has 37 heavy (non-hydrogen) atoms. The predicted molar refractivity (Wildman–Crippen MR) is 156 cm³/mol.